The topological polar surface area (TPSA) is 71.8 Å². The van der Waals surface area contributed by atoms with Crippen LogP contribution < -0.4 is 5.32 Å². The number of esters is 1. The Labute approximate surface area is 166 Å². The molecule has 1 fully saturated rings. The summed E-state index contributed by atoms with van der Waals surface area (Å²) in [5, 5.41) is 3.48. The smallest absolute Gasteiger partial charge is 0.337 e. The molecule has 1 aliphatic rings. The maximum atomic E-state index is 11.5. The highest BCUT2D eigenvalue weighted by Crippen LogP contribution is 2.27. The zero-order chi connectivity index (χ0) is 19.9. The summed E-state index contributed by atoms with van der Waals surface area (Å²) < 4.78 is 6.94. The number of likely N-dealkylation sites (tertiary alicyclic amines) is 1. The highest BCUT2D eigenvalue weighted by Gasteiger charge is 2.28. The Balaban J connectivity index is 1.54. The molecular weight excluding hydrogens is 354 g/mol. The molecule has 1 saturated heterocycles. The molecule has 1 aromatic carbocycles. The molecule has 7 heteroatoms. The number of methoxy groups -OCH3 is 1. The number of piperidine rings is 1. The first kappa shape index (κ1) is 19.9. The zero-order valence-electron chi connectivity index (χ0n) is 16.8. The van der Waals surface area contributed by atoms with Crippen LogP contribution in [0.3, 0.4) is 0 Å². The number of hydrogen-bond donors (Lipinski definition) is 1. The molecule has 0 spiro atoms. The van der Waals surface area contributed by atoms with Crippen LogP contribution in [0.15, 0.2) is 48.0 Å². The van der Waals surface area contributed by atoms with Crippen molar-refractivity contribution in [3.05, 3.63) is 54.1 Å². The molecule has 1 aliphatic heterocycles. The molecule has 2 atom stereocenters. The second-order valence-electron chi connectivity index (χ2n) is 7.20. The van der Waals surface area contributed by atoms with Crippen LogP contribution >= 0.6 is 0 Å². The normalized spacial score (nSPS) is 20.1. The van der Waals surface area contributed by atoms with Gasteiger partial charge in [0.1, 0.15) is 0 Å². The van der Waals surface area contributed by atoms with Crippen molar-refractivity contribution < 1.29 is 9.53 Å². The van der Waals surface area contributed by atoms with Crippen molar-refractivity contribution >= 4 is 11.9 Å². The van der Waals surface area contributed by atoms with Gasteiger partial charge in [0.2, 0.25) is 0 Å². The maximum absolute atomic E-state index is 11.5. The minimum absolute atomic E-state index is 0.308. The second-order valence-corrected chi connectivity index (χ2v) is 7.20. The average molecular weight is 383 g/mol. The highest BCUT2D eigenvalue weighted by atomic mass is 16.5. The van der Waals surface area contributed by atoms with Crippen molar-refractivity contribution in [2.24, 2.45) is 10.9 Å². The van der Waals surface area contributed by atoms with Gasteiger partial charge in [0.25, 0.3) is 0 Å². The van der Waals surface area contributed by atoms with E-state index in [0.717, 1.165) is 38.4 Å². The fraction of sp³-hybridized carbons (Fsp3) is 0.476. The minimum atomic E-state index is -0.308. The number of nitrogens with zero attached hydrogens (tertiary/aromatic N) is 4. The molecule has 0 radical (unpaired) electrons. The molecule has 1 N–H and O–H groups in total. The number of benzene rings is 1. The molecule has 2 unspecified atom stereocenters. The highest BCUT2D eigenvalue weighted by molar-refractivity contribution is 5.89. The van der Waals surface area contributed by atoms with Crippen molar-refractivity contribution in [3.8, 4) is 0 Å². The van der Waals surface area contributed by atoms with Gasteiger partial charge in [-0.1, -0.05) is 19.1 Å². The predicted molar refractivity (Wildman–Crippen MR) is 109 cm³/mol. The van der Waals surface area contributed by atoms with Gasteiger partial charge in [-0.25, -0.2) is 9.78 Å². The monoisotopic (exact) mass is 383 g/mol. The Morgan fingerprint density at radius 2 is 2.14 bits per heavy atom. The number of imidazole rings is 1. The third-order valence-corrected chi connectivity index (χ3v) is 5.41. The first-order valence-electron chi connectivity index (χ1n) is 9.72. The molecule has 2 heterocycles. The number of ether oxygens (including phenoxy) is 1. The molecule has 7 nitrogen and oxygen atoms in total. The number of carbonyl (C=O) groups excluding carboxylic acids is 1. The molecular formula is C21H29N5O2. The van der Waals surface area contributed by atoms with Crippen LogP contribution in [0.25, 0.3) is 0 Å². The van der Waals surface area contributed by atoms with Gasteiger partial charge in [-0.3, -0.25) is 4.99 Å². The fourth-order valence-corrected chi connectivity index (χ4v) is 3.67. The lowest BCUT2D eigenvalue weighted by Gasteiger charge is -2.39. The molecule has 3 rings (SSSR count). The summed E-state index contributed by atoms with van der Waals surface area (Å²) in [6, 6.07) is 7.94. The van der Waals surface area contributed by atoms with E-state index in [9.17, 15) is 4.79 Å². The number of rotatable bonds is 5. The molecule has 2 aromatic rings. The molecule has 1 aromatic heterocycles. The number of guanidine groups is 1. The minimum Gasteiger partial charge on any atom is -0.465 e. The van der Waals surface area contributed by atoms with E-state index < -0.39 is 0 Å². The predicted octanol–water partition coefficient (Wildman–Crippen LogP) is 2.37. The Kier molecular flexibility index (Phi) is 6.68. The summed E-state index contributed by atoms with van der Waals surface area (Å²) in [6.45, 7) is 5.01. The van der Waals surface area contributed by atoms with Crippen LogP contribution in [-0.4, -0.2) is 60.2 Å². The first-order valence-corrected chi connectivity index (χ1v) is 9.72. The molecule has 0 bridgehead atoms. The number of hydrogen-bond acceptors (Lipinski definition) is 4. The van der Waals surface area contributed by atoms with Crippen LogP contribution in [0.2, 0.25) is 0 Å². The quantitative estimate of drug-likeness (QED) is 0.488. The number of nitrogens with one attached hydrogen (secondary N) is 1. The maximum Gasteiger partial charge on any atom is 0.337 e. The van der Waals surface area contributed by atoms with Gasteiger partial charge in [-0.15, -0.1) is 0 Å². The Hall–Kier alpha value is -2.83. The third-order valence-electron chi connectivity index (χ3n) is 5.41. The van der Waals surface area contributed by atoms with E-state index in [1.807, 2.05) is 37.9 Å². The zero-order valence-corrected chi connectivity index (χ0v) is 16.8. The molecule has 0 amide bonds. The van der Waals surface area contributed by atoms with Gasteiger partial charge < -0.3 is 19.5 Å². The van der Waals surface area contributed by atoms with E-state index in [1.165, 1.54) is 12.7 Å². The van der Waals surface area contributed by atoms with Crippen LogP contribution in [0, 0.1) is 5.92 Å². The molecule has 28 heavy (non-hydrogen) atoms. The standard InChI is InChI=1S/C21H29N5O2/c1-16-9-12-25(14-19(16)26-13-11-23-15-26)21(22-2)24-10-8-17-4-6-18(7-5-17)20(27)28-3/h4-7,11,13,15-16,19H,8-10,12,14H2,1-3H3,(H,22,24). The van der Waals surface area contributed by atoms with Crippen molar-refractivity contribution in [1.82, 2.24) is 19.8 Å². The van der Waals surface area contributed by atoms with E-state index >= 15 is 0 Å². The van der Waals surface area contributed by atoms with Crippen molar-refractivity contribution in [2.45, 2.75) is 25.8 Å². The largest absolute Gasteiger partial charge is 0.465 e. The van der Waals surface area contributed by atoms with Gasteiger partial charge in [0, 0.05) is 39.1 Å². The fourth-order valence-electron chi connectivity index (χ4n) is 3.67. The lowest BCUT2D eigenvalue weighted by atomic mass is 9.93. The van der Waals surface area contributed by atoms with E-state index in [2.05, 4.69) is 31.7 Å². The van der Waals surface area contributed by atoms with Gasteiger partial charge in [-0.2, -0.15) is 0 Å². The Morgan fingerprint density at radius 1 is 1.36 bits per heavy atom. The molecule has 0 aliphatic carbocycles. The number of aromatic nitrogens is 2. The summed E-state index contributed by atoms with van der Waals surface area (Å²) >= 11 is 0. The molecule has 150 valence electrons. The third kappa shape index (κ3) is 4.71. The average Bonchev–Trinajstić information content (AvgIpc) is 3.26. The van der Waals surface area contributed by atoms with Crippen LogP contribution in [0.4, 0.5) is 0 Å². The van der Waals surface area contributed by atoms with E-state index in [-0.39, 0.29) is 5.97 Å². The van der Waals surface area contributed by atoms with E-state index in [4.69, 9.17) is 4.74 Å². The van der Waals surface area contributed by atoms with Crippen LogP contribution in [-0.2, 0) is 11.2 Å². The van der Waals surface area contributed by atoms with E-state index in [0.29, 0.717) is 17.5 Å². The number of aliphatic imine (C=N–C) groups is 1. The summed E-state index contributed by atoms with van der Waals surface area (Å²) in [5.74, 6) is 1.23. The van der Waals surface area contributed by atoms with Crippen molar-refractivity contribution in [2.75, 3.05) is 33.8 Å². The van der Waals surface area contributed by atoms with E-state index in [1.54, 1.807) is 12.1 Å². The Bertz CT molecular complexity index is 786. The summed E-state index contributed by atoms with van der Waals surface area (Å²) in [6.07, 6.45) is 7.76. The van der Waals surface area contributed by atoms with Crippen LogP contribution in [0.1, 0.15) is 35.3 Å². The van der Waals surface area contributed by atoms with Crippen molar-refractivity contribution in [1.29, 1.82) is 0 Å². The second kappa shape index (κ2) is 9.39. The van der Waals surface area contributed by atoms with Crippen LogP contribution in [0.5, 0.6) is 0 Å². The molecule has 0 saturated carbocycles. The van der Waals surface area contributed by atoms with Crippen molar-refractivity contribution in [3.63, 3.8) is 0 Å². The summed E-state index contributed by atoms with van der Waals surface area (Å²) in [5.41, 5.74) is 1.74. The lowest BCUT2D eigenvalue weighted by Crippen LogP contribution is -2.49. The summed E-state index contributed by atoms with van der Waals surface area (Å²) in [4.78, 5) is 22.5. The first-order chi connectivity index (χ1) is 13.6. The van der Waals surface area contributed by atoms with Gasteiger partial charge >= 0.3 is 5.97 Å². The summed E-state index contributed by atoms with van der Waals surface area (Å²) in [7, 11) is 3.22. The van der Waals surface area contributed by atoms with Gasteiger partial charge in [0.05, 0.1) is 25.0 Å². The number of carbonyl (C=O) groups is 1. The lowest BCUT2D eigenvalue weighted by molar-refractivity contribution is 0.0600. The SMILES string of the molecule is CN=C(NCCc1ccc(C(=O)OC)cc1)N1CCC(C)C(n2ccnc2)C1. The van der Waals surface area contributed by atoms with Gasteiger partial charge in [-0.05, 0) is 36.5 Å². The Morgan fingerprint density at radius 3 is 2.79 bits per heavy atom. The van der Waals surface area contributed by atoms with Gasteiger partial charge in [0.15, 0.2) is 5.96 Å².